The summed E-state index contributed by atoms with van der Waals surface area (Å²) in [5, 5.41) is 23.3. The zero-order valence-electron chi connectivity index (χ0n) is 20.4. The molecule has 0 aliphatic carbocycles. The Labute approximate surface area is 212 Å². The number of amides is 2. The summed E-state index contributed by atoms with van der Waals surface area (Å²) in [6.45, 7) is 3.70. The minimum atomic E-state index is -1.59. The van der Waals surface area contributed by atoms with E-state index in [2.05, 4.69) is 26.5 Å². The van der Waals surface area contributed by atoms with Crippen molar-refractivity contribution in [3.05, 3.63) is 54.1 Å². The predicted molar refractivity (Wildman–Crippen MR) is 134 cm³/mol. The fraction of sp³-hybridized carbons (Fsp3) is 0.320. The molecule has 3 aromatic rings. The van der Waals surface area contributed by atoms with Gasteiger partial charge in [-0.25, -0.2) is 10.2 Å². The third-order valence-electron chi connectivity index (χ3n) is 5.25. The lowest BCUT2D eigenvalue weighted by Gasteiger charge is -2.22. The fourth-order valence-electron chi connectivity index (χ4n) is 3.52. The number of carbonyl (C=O) groups excluding carboxylic acids is 2. The first kappa shape index (κ1) is 27.1. The smallest absolute Gasteiger partial charge is 0.326 e. The first-order valence-corrected chi connectivity index (χ1v) is 11.6. The average molecular weight is 512 g/mol. The van der Waals surface area contributed by atoms with Gasteiger partial charge >= 0.3 is 11.9 Å². The van der Waals surface area contributed by atoms with Crippen LogP contribution in [0.1, 0.15) is 32.3 Å². The number of benzene rings is 2. The number of hydrogen-bond acceptors (Lipinski definition) is 8. The molecule has 0 bridgehead atoms. The Hall–Kier alpha value is -4.45. The number of fused-ring (bicyclic) bond motifs is 1. The number of aromatic nitrogens is 1. The average Bonchev–Trinajstić information content (AvgIpc) is 3.22. The van der Waals surface area contributed by atoms with E-state index in [9.17, 15) is 24.3 Å². The number of para-hydroxylation sites is 1. The molecule has 0 aliphatic heterocycles. The lowest BCUT2D eigenvalue weighted by atomic mass is 10.0. The molecule has 196 valence electrons. The van der Waals surface area contributed by atoms with E-state index < -0.39 is 42.3 Å². The molecule has 1 heterocycles. The minimum Gasteiger partial charge on any atom is -0.481 e. The third kappa shape index (κ3) is 8.32. The molecule has 2 amide bonds. The summed E-state index contributed by atoms with van der Waals surface area (Å²) in [4.78, 5) is 51.7. The van der Waals surface area contributed by atoms with Crippen LogP contribution in [-0.4, -0.2) is 51.0 Å². The molecule has 6 N–H and O–H groups in total. The van der Waals surface area contributed by atoms with Crippen LogP contribution in [0.4, 0.5) is 11.7 Å². The topological polar surface area (TPSA) is 183 Å². The standard InChI is InChI=1S/C25H29N5O7/c1-14(2)10-18(23(34)27-19(24(35)36)13-22(32)33)29-30-21(31)12-15-8-9-17-20(11-15)37-25(28-17)26-16-6-4-3-5-7-16/h3-9,11,14,18-19,29H,10,12-13H2,1-2H3,(H,26,28)(H,27,34)(H,30,31)(H,32,33)(H,35,36). The van der Waals surface area contributed by atoms with E-state index in [-0.39, 0.29) is 18.8 Å². The highest BCUT2D eigenvalue weighted by Gasteiger charge is 2.28. The molecule has 0 spiro atoms. The number of rotatable bonds is 13. The van der Waals surface area contributed by atoms with E-state index in [1.807, 2.05) is 44.2 Å². The van der Waals surface area contributed by atoms with Crippen LogP contribution in [-0.2, 0) is 25.6 Å². The number of hydrazine groups is 1. The summed E-state index contributed by atoms with van der Waals surface area (Å²) in [6, 6.07) is 12.3. The molecule has 2 atom stereocenters. The van der Waals surface area contributed by atoms with E-state index in [1.165, 1.54) is 0 Å². The van der Waals surface area contributed by atoms with Crippen molar-refractivity contribution in [2.75, 3.05) is 5.32 Å². The summed E-state index contributed by atoms with van der Waals surface area (Å²) < 4.78 is 5.74. The predicted octanol–water partition coefficient (Wildman–Crippen LogP) is 2.19. The number of nitrogens with zero attached hydrogens (tertiary/aromatic N) is 1. The Balaban J connectivity index is 1.60. The van der Waals surface area contributed by atoms with Crippen molar-refractivity contribution in [3.8, 4) is 0 Å². The van der Waals surface area contributed by atoms with Crippen LogP contribution >= 0.6 is 0 Å². The Morgan fingerprint density at radius 2 is 1.73 bits per heavy atom. The van der Waals surface area contributed by atoms with E-state index in [0.29, 0.717) is 22.7 Å². The molecule has 37 heavy (non-hydrogen) atoms. The molecule has 0 saturated carbocycles. The van der Waals surface area contributed by atoms with Crippen LogP contribution in [0, 0.1) is 5.92 Å². The number of carboxylic acid groups (broad SMARTS) is 2. The van der Waals surface area contributed by atoms with Gasteiger partial charge in [0.2, 0.25) is 11.8 Å². The van der Waals surface area contributed by atoms with Crippen LogP contribution < -0.4 is 21.5 Å². The van der Waals surface area contributed by atoms with Crippen LogP contribution in [0.25, 0.3) is 11.1 Å². The Morgan fingerprint density at radius 1 is 1.00 bits per heavy atom. The highest BCUT2D eigenvalue weighted by molar-refractivity contribution is 5.89. The van der Waals surface area contributed by atoms with Crippen LogP contribution in [0.3, 0.4) is 0 Å². The molecule has 2 unspecified atom stereocenters. The maximum Gasteiger partial charge on any atom is 0.326 e. The minimum absolute atomic E-state index is 0.0236. The highest BCUT2D eigenvalue weighted by Crippen LogP contribution is 2.23. The van der Waals surface area contributed by atoms with Crippen LogP contribution in [0.15, 0.2) is 52.9 Å². The van der Waals surface area contributed by atoms with E-state index in [1.54, 1.807) is 18.2 Å². The molecule has 12 nitrogen and oxygen atoms in total. The summed E-state index contributed by atoms with van der Waals surface area (Å²) in [5.74, 6) is -3.97. The van der Waals surface area contributed by atoms with E-state index in [4.69, 9.17) is 9.52 Å². The second-order valence-electron chi connectivity index (χ2n) is 8.86. The molecule has 0 aliphatic rings. The first-order valence-electron chi connectivity index (χ1n) is 11.6. The molecule has 0 saturated heterocycles. The van der Waals surface area contributed by atoms with Crippen molar-refractivity contribution in [2.24, 2.45) is 5.92 Å². The van der Waals surface area contributed by atoms with Crippen molar-refractivity contribution in [1.82, 2.24) is 21.2 Å². The van der Waals surface area contributed by atoms with E-state index >= 15 is 0 Å². The number of aliphatic carboxylic acids is 2. The SMILES string of the molecule is CC(C)CC(NNC(=O)Cc1ccc2nc(Nc3ccccc3)oc2c1)C(=O)NC(CC(=O)O)C(=O)O. The molecule has 0 radical (unpaired) electrons. The maximum atomic E-state index is 12.6. The zero-order valence-corrected chi connectivity index (χ0v) is 20.4. The van der Waals surface area contributed by atoms with Gasteiger partial charge < -0.3 is 25.3 Å². The lowest BCUT2D eigenvalue weighted by molar-refractivity contribution is -0.147. The van der Waals surface area contributed by atoms with Gasteiger partial charge in [0.25, 0.3) is 6.01 Å². The summed E-state index contributed by atoms with van der Waals surface area (Å²) >= 11 is 0. The van der Waals surface area contributed by atoms with Crippen LogP contribution in [0.2, 0.25) is 0 Å². The Kier molecular flexibility index (Phi) is 9.16. The van der Waals surface area contributed by atoms with Gasteiger partial charge in [0.05, 0.1) is 12.8 Å². The number of nitrogens with one attached hydrogen (secondary N) is 4. The number of hydrogen-bond donors (Lipinski definition) is 6. The number of carboxylic acids is 2. The highest BCUT2D eigenvalue weighted by atomic mass is 16.4. The van der Waals surface area contributed by atoms with Crippen molar-refractivity contribution >= 4 is 46.6 Å². The van der Waals surface area contributed by atoms with Gasteiger partial charge in [0, 0.05) is 5.69 Å². The normalized spacial score (nSPS) is 12.6. The molecule has 2 aromatic carbocycles. The molecule has 12 heteroatoms. The molecule has 1 aromatic heterocycles. The van der Waals surface area contributed by atoms with Gasteiger partial charge in [-0.1, -0.05) is 38.1 Å². The Morgan fingerprint density at radius 3 is 2.38 bits per heavy atom. The first-order chi connectivity index (χ1) is 17.6. The summed E-state index contributed by atoms with van der Waals surface area (Å²) in [5.41, 5.74) is 7.68. The van der Waals surface area contributed by atoms with Crippen LogP contribution in [0.5, 0.6) is 0 Å². The van der Waals surface area contributed by atoms with Crippen molar-refractivity contribution in [1.29, 1.82) is 0 Å². The van der Waals surface area contributed by atoms with Crippen molar-refractivity contribution in [2.45, 2.75) is 45.2 Å². The summed E-state index contributed by atoms with van der Waals surface area (Å²) in [6.07, 6.45) is -0.529. The second kappa shape index (κ2) is 12.5. The maximum absolute atomic E-state index is 12.6. The fourth-order valence-corrected chi connectivity index (χ4v) is 3.52. The zero-order chi connectivity index (χ0) is 26.9. The van der Waals surface area contributed by atoms with Gasteiger partial charge in [-0.15, -0.1) is 0 Å². The Bertz CT molecular complexity index is 1260. The third-order valence-corrected chi connectivity index (χ3v) is 5.25. The second-order valence-corrected chi connectivity index (χ2v) is 8.86. The quantitative estimate of drug-likeness (QED) is 0.186. The molecule has 0 fully saturated rings. The molecular formula is C25H29N5O7. The monoisotopic (exact) mass is 511 g/mol. The molecule has 3 rings (SSSR count). The molecular weight excluding hydrogens is 482 g/mol. The van der Waals surface area contributed by atoms with Gasteiger partial charge in [-0.05, 0) is 42.2 Å². The van der Waals surface area contributed by atoms with Crippen molar-refractivity contribution in [3.63, 3.8) is 0 Å². The number of carbonyl (C=O) groups is 4. The van der Waals surface area contributed by atoms with Gasteiger partial charge in [-0.2, -0.15) is 4.98 Å². The van der Waals surface area contributed by atoms with Gasteiger partial charge in [0.15, 0.2) is 5.58 Å². The summed E-state index contributed by atoms with van der Waals surface area (Å²) in [7, 11) is 0. The van der Waals surface area contributed by atoms with E-state index in [0.717, 1.165) is 5.69 Å². The number of anilines is 2. The lowest BCUT2D eigenvalue weighted by Crippen LogP contribution is -2.55. The number of oxazole rings is 1. The van der Waals surface area contributed by atoms with Gasteiger partial charge in [-0.3, -0.25) is 19.8 Å². The van der Waals surface area contributed by atoms with Crippen molar-refractivity contribution < 1.29 is 33.8 Å². The largest absolute Gasteiger partial charge is 0.481 e. The van der Waals surface area contributed by atoms with Gasteiger partial charge in [0.1, 0.15) is 17.6 Å².